The van der Waals surface area contributed by atoms with Crippen LogP contribution in [-0.2, 0) is 12.4 Å². The number of hydrogen-bond donors (Lipinski definition) is 1. The number of amides is 1. The van der Waals surface area contributed by atoms with Crippen LogP contribution in [0.2, 0.25) is 0 Å². The summed E-state index contributed by atoms with van der Waals surface area (Å²) in [5, 5.41) is 4.85. The Morgan fingerprint density at radius 2 is 2.11 bits per heavy atom. The summed E-state index contributed by atoms with van der Waals surface area (Å²) >= 11 is 7.25. The normalized spacial score (nSPS) is 10.3. The van der Waals surface area contributed by atoms with E-state index in [4.69, 9.17) is 11.6 Å². The van der Waals surface area contributed by atoms with Crippen LogP contribution in [0.3, 0.4) is 0 Å². The highest BCUT2D eigenvalue weighted by atomic mass is 35.5. The minimum Gasteiger partial charge on any atom is -0.347 e. The summed E-state index contributed by atoms with van der Waals surface area (Å²) in [7, 11) is 0. The molecule has 1 aromatic heterocycles. The van der Waals surface area contributed by atoms with Gasteiger partial charge in [0, 0.05) is 12.4 Å². The van der Waals surface area contributed by atoms with Crippen molar-refractivity contribution in [3.05, 3.63) is 57.3 Å². The fraction of sp³-hybridized carbons (Fsp3) is 0.214. The molecular weight excluding hydrogens is 266 g/mol. The molecule has 0 saturated heterocycles. The zero-order valence-corrected chi connectivity index (χ0v) is 11.6. The van der Waals surface area contributed by atoms with Gasteiger partial charge in [0.25, 0.3) is 5.91 Å². The third-order valence-corrected chi connectivity index (χ3v) is 3.99. The molecule has 2 rings (SSSR count). The Kier molecular flexibility index (Phi) is 4.39. The van der Waals surface area contributed by atoms with E-state index in [1.807, 2.05) is 42.6 Å². The first-order chi connectivity index (χ1) is 8.70. The van der Waals surface area contributed by atoms with Gasteiger partial charge in [-0.25, -0.2) is 0 Å². The average Bonchev–Trinajstić information content (AvgIpc) is 2.82. The van der Waals surface area contributed by atoms with E-state index in [-0.39, 0.29) is 5.91 Å². The SMILES string of the molecule is Cc1ccsc1C(=O)NCc1cccc(CCl)c1. The van der Waals surface area contributed by atoms with Gasteiger partial charge >= 0.3 is 0 Å². The Balaban J connectivity index is 1.99. The van der Waals surface area contributed by atoms with Gasteiger partial charge in [-0.15, -0.1) is 22.9 Å². The van der Waals surface area contributed by atoms with Gasteiger partial charge < -0.3 is 5.32 Å². The van der Waals surface area contributed by atoms with Crippen LogP contribution in [-0.4, -0.2) is 5.91 Å². The van der Waals surface area contributed by atoms with Crippen molar-refractivity contribution in [2.45, 2.75) is 19.3 Å². The molecule has 0 bridgehead atoms. The predicted molar refractivity (Wildman–Crippen MR) is 76.2 cm³/mol. The van der Waals surface area contributed by atoms with Gasteiger partial charge in [-0.1, -0.05) is 24.3 Å². The fourth-order valence-electron chi connectivity index (χ4n) is 1.69. The number of benzene rings is 1. The van der Waals surface area contributed by atoms with Gasteiger partial charge in [-0.05, 0) is 35.1 Å². The molecule has 1 N–H and O–H groups in total. The maximum Gasteiger partial charge on any atom is 0.261 e. The van der Waals surface area contributed by atoms with Gasteiger partial charge in [0.05, 0.1) is 4.88 Å². The third-order valence-electron chi connectivity index (χ3n) is 2.67. The lowest BCUT2D eigenvalue weighted by molar-refractivity contribution is 0.0954. The minimum absolute atomic E-state index is 0.0150. The van der Waals surface area contributed by atoms with Crippen LogP contribution in [0, 0.1) is 6.92 Å². The van der Waals surface area contributed by atoms with Crippen molar-refractivity contribution in [3.8, 4) is 0 Å². The largest absolute Gasteiger partial charge is 0.347 e. The molecule has 1 amide bonds. The van der Waals surface area contributed by atoms with Crippen molar-refractivity contribution in [3.63, 3.8) is 0 Å². The first kappa shape index (κ1) is 13.1. The standard InChI is InChI=1S/C14H14ClNOS/c1-10-5-6-18-13(10)14(17)16-9-12-4-2-3-11(7-12)8-15/h2-7H,8-9H2,1H3,(H,16,17). The molecule has 0 aliphatic carbocycles. The Bertz CT molecular complexity index is 550. The monoisotopic (exact) mass is 279 g/mol. The van der Waals surface area contributed by atoms with Crippen molar-refractivity contribution < 1.29 is 4.79 Å². The lowest BCUT2D eigenvalue weighted by Gasteiger charge is -2.06. The molecule has 18 heavy (non-hydrogen) atoms. The molecule has 1 heterocycles. The zero-order chi connectivity index (χ0) is 13.0. The molecule has 0 saturated carbocycles. The molecule has 0 spiro atoms. The van der Waals surface area contributed by atoms with E-state index in [1.165, 1.54) is 11.3 Å². The lowest BCUT2D eigenvalue weighted by atomic mass is 10.1. The van der Waals surface area contributed by atoms with E-state index in [2.05, 4.69) is 5.32 Å². The van der Waals surface area contributed by atoms with Gasteiger partial charge in [0.1, 0.15) is 0 Å². The number of rotatable bonds is 4. The number of nitrogens with one attached hydrogen (secondary N) is 1. The number of carbonyl (C=O) groups is 1. The van der Waals surface area contributed by atoms with Crippen LogP contribution in [0.4, 0.5) is 0 Å². The first-order valence-electron chi connectivity index (χ1n) is 5.67. The van der Waals surface area contributed by atoms with Crippen LogP contribution in [0.5, 0.6) is 0 Å². The molecule has 0 aliphatic heterocycles. The van der Waals surface area contributed by atoms with Crippen molar-refractivity contribution in [2.24, 2.45) is 0 Å². The quantitative estimate of drug-likeness (QED) is 0.849. The maximum atomic E-state index is 11.9. The summed E-state index contributed by atoms with van der Waals surface area (Å²) in [6.07, 6.45) is 0. The average molecular weight is 280 g/mol. The van der Waals surface area contributed by atoms with Gasteiger partial charge in [0.2, 0.25) is 0 Å². The van der Waals surface area contributed by atoms with Crippen LogP contribution in [0.1, 0.15) is 26.4 Å². The Morgan fingerprint density at radius 1 is 1.33 bits per heavy atom. The molecular formula is C14H14ClNOS. The molecule has 0 unspecified atom stereocenters. The lowest BCUT2D eigenvalue weighted by Crippen LogP contribution is -2.22. The fourth-order valence-corrected chi connectivity index (χ4v) is 2.70. The Morgan fingerprint density at radius 3 is 2.78 bits per heavy atom. The van der Waals surface area contributed by atoms with Crippen molar-refractivity contribution in [2.75, 3.05) is 0 Å². The molecule has 2 aromatic rings. The van der Waals surface area contributed by atoms with Gasteiger partial charge in [-0.2, -0.15) is 0 Å². The second-order valence-electron chi connectivity index (χ2n) is 4.07. The molecule has 1 aromatic carbocycles. The predicted octanol–water partition coefficient (Wildman–Crippen LogP) is 3.73. The second kappa shape index (κ2) is 6.03. The topological polar surface area (TPSA) is 29.1 Å². The maximum absolute atomic E-state index is 11.9. The van der Waals surface area contributed by atoms with Crippen molar-refractivity contribution >= 4 is 28.8 Å². The Labute approximate surface area is 116 Å². The number of aryl methyl sites for hydroxylation is 1. The zero-order valence-electron chi connectivity index (χ0n) is 10.1. The van der Waals surface area contributed by atoms with E-state index in [0.29, 0.717) is 12.4 Å². The molecule has 4 heteroatoms. The molecule has 0 radical (unpaired) electrons. The van der Waals surface area contributed by atoms with Crippen LogP contribution < -0.4 is 5.32 Å². The summed E-state index contributed by atoms with van der Waals surface area (Å²) in [6, 6.07) is 9.87. The highest BCUT2D eigenvalue weighted by Crippen LogP contribution is 2.15. The second-order valence-corrected chi connectivity index (χ2v) is 5.25. The smallest absolute Gasteiger partial charge is 0.261 e. The van der Waals surface area contributed by atoms with E-state index in [9.17, 15) is 4.79 Å². The van der Waals surface area contributed by atoms with Crippen molar-refractivity contribution in [1.82, 2.24) is 5.32 Å². The number of alkyl halides is 1. The number of halogens is 1. The minimum atomic E-state index is -0.0150. The van der Waals surface area contributed by atoms with Crippen LogP contribution in [0.15, 0.2) is 35.7 Å². The number of hydrogen-bond acceptors (Lipinski definition) is 2. The molecule has 2 nitrogen and oxygen atoms in total. The third kappa shape index (κ3) is 3.12. The summed E-state index contributed by atoms with van der Waals surface area (Å²) < 4.78 is 0. The van der Waals surface area contributed by atoms with E-state index < -0.39 is 0 Å². The van der Waals surface area contributed by atoms with E-state index in [0.717, 1.165) is 21.6 Å². The van der Waals surface area contributed by atoms with Gasteiger partial charge in [-0.3, -0.25) is 4.79 Å². The summed E-state index contributed by atoms with van der Waals surface area (Å²) in [5.74, 6) is 0.477. The van der Waals surface area contributed by atoms with Crippen LogP contribution in [0.25, 0.3) is 0 Å². The Hall–Kier alpha value is -1.32. The van der Waals surface area contributed by atoms with Crippen molar-refractivity contribution in [1.29, 1.82) is 0 Å². The molecule has 0 aliphatic rings. The highest BCUT2D eigenvalue weighted by Gasteiger charge is 2.09. The molecule has 0 atom stereocenters. The van der Waals surface area contributed by atoms with E-state index >= 15 is 0 Å². The first-order valence-corrected chi connectivity index (χ1v) is 7.08. The summed E-state index contributed by atoms with van der Waals surface area (Å²) in [5.41, 5.74) is 3.15. The van der Waals surface area contributed by atoms with Gasteiger partial charge in [0.15, 0.2) is 0 Å². The highest BCUT2D eigenvalue weighted by molar-refractivity contribution is 7.12. The summed E-state index contributed by atoms with van der Waals surface area (Å²) in [4.78, 5) is 12.7. The van der Waals surface area contributed by atoms with Crippen LogP contribution >= 0.6 is 22.9 Å². The number of thiophene rings is 1. The van der Waals surface area contributed by atoms with E-state index in [1.54, 1.807) is 0 Å². The summed E-state index contributed by atoms with van der Waals surface area (Å²) in [6.45, 7) is 2.47. The molecule has 0 fully saturated rings. The number of carbonyl (C=O) groups excluding carboxylic acids is 1. The molecule has 94 valence electrons.